The van der Waals surface area contributed by atoms with E-state index < -0.39 is 0 Å². The van der Waals surface area contributed by atoms with Gasteiger partial charge in [0.2, 0.25) is 5.91 Å². The van der Waals surface area contributed by atoms with Gasteiger partial charge in [0.25, 0.3) is 0 Å². The first-order valence-corrected chi connectivity index (χ1v) is 9.94. The summed E-state index contributed by atoms with van der Waals surface area (Å²) in [7, 11) is 1.85. The Hall–Kier alpha value is -3.26. The lowest BCUT2D eigenvalue weighted by molar-refractivity contribution is -0.117. The topological polar surface area (TPSA) is 75.9 Å². The summed E-state index contributed by atoms with van der Waals surface area (Å²) >= 11 is 1.60. The van der Waals surface area contributed by atoms with Crippen molar-refractivity contribution in [1.82, 2.24) is 19.7 Å². The summed E-state index contributed by atoms with van der Waals surface area (Å²) in [5.74, 6) is 1.40. The fourth-order valence-electron chi connectivity index (χ4n) is 3.49. The molecular weight excluding hydrogens is 372 g/mol. The van der Waals surface area contributed by atoms with E-state index in [0.29, 0.717) is 24.6 Å². The van der Waals surface area contributed by atoms with Crippen LogP contribution in [-0.4, -0.2) is 38.2 Å². The summed E-state index contributed by atoms with van der Waals surface area (Å²) < 4.78 is 1.70. The maximum absolute atomic E-state index is 13.0. The lowest BCUT2D eigenvalue weighted by Crippen LogP contribution is -2.33. The van der Waals surface area contributed by atoms with E-state index in [2.05, 4.69) is 10.4 Å². The average molecular weight is 390 g/mol. The van der Waals surface area contributed by atoms with Crippen LogP contribution in [0.5, 0.6) is 0 Å². The number of hydrogen-bond acceptors (Lipinski definition) is 6. The van der Waals surface area contributed by atoms with E-state index in [0.717, 1.165) is 21.5 Å². The second-order valence-electron chi connectivity index (χ2n) is 6.74. The number of anilines is 2. The number of nitrogens with one attached hydrogen (secondary N) is 1. The Morgan fingerprint density at radius 2 is 2.07 bits per heavy atom. The van der Waals surface area contributed by atoms with Crippen molar-refractivity contribution in [2.24, 2.45) is 7.05 Å². The standard InChI is InChI=1S/C20H18N6OS/c1-25-12-13(11-21-25)26-9-8-16(20(26)27)23-18-14-5-2-3-6-15(14)22-19(24-18)17-7-4-10-28-17/h2-7,10-12,16H,8-9H2,1H3,(H,22,23,24). The Kier molecular flexibility index (Phi) is 4.05. The van der Waals surface area contributed by atoms with Crippen LogP contribution in [0.3, 0.4) is 0 Å². The minimum Gasteiger partial charge on any atom is -0.358 e. The van der Waals surface area contributed by atoms with Gasteiger partial charge in [0.1, 0.15) is 11.9 Å². The lowest BCUT2D eigenvalue weighted by atomic mass is 10.2. The number of aromatic nitrogens is 4. The fraction of sp³-hybridized carbons (Fsp3) is 0.200. The van der Waals surface area contributed by atoms with Crippen LogP contribution >= 0.6 is 11.3 Å². The maximum atomic E-state index is 13.0. The third-order valence-corrected chi connectivity index (χ3v) is 5.73. The molecular formula is C20H18N6OS. The van der Waals surface area contributed by atoms with Gasteiger partial charge in [-0.25, -0.2) is 9.97 Å². The predicted molar refractivity (Wildman–Crippen MR) is 110 cm³/mol. The highest BCUT2D eigenvalue weighted by molar-refractivity contribution is 7.13. The van der Waals surface area contributed by atoms with Crippen LogP contribution in [-0.2, 0) is 11.8 Å². The Morgan fingerprint density at radius 3 is 2.86 bits per heavy atom. The maximum Gasteiger partial charge on any atom is 0.249 e. The highest BCUT2D eigenvalue weighted by atomic mass is 32.1. The number of aryl methyl sites for hydroxylation is 1. The molecule has 140 valence electrons. The number of carbonyl (C=O) groups excluding carboxylic acids is 1. The van der Waals surface area contributed by atoms with E-state index in [1.165, 1.54) is 0 Å². The van der Waals surface area contributed by atoms with Crippen LogP contribution in [0.4, 0.5) is 11.5 Å². The zero-order valence-corrected chi connectivity index (χ0v) is 16.1. The second kappa shape index (κ2) is 6.72. The Morgan fingerprint density at radius 1 is 1.18 bits per heavy atom. The number of benzene rings is 1. The first-order valence-electron chi connectivity index (χ1n) is 9.06. The molecule has 3 aromatic heterocycles. The van der Waals surface area contributed by atoms with Crippen molar-refractivity contribution in [2.75, 3.05) is 16.8 Å². The highest BCUT2D eigenvalue weighted by Crippen LogP contribution is 2.29. The molecule has 0 bridgehead atoms. The van der Waals surface area contributed by atoms with Gasteiger partial charge in [0.05, 0.1) is 22.3 Å². The van der Waals surface area contributed by atoms with Crippen LogP contribution in [0.1, 0.15) is 6.42 Å². The van der Waals surface area contributed by atoms with Crippen LogP contribution in [0.15, 0.2) is 54.2 Å². The number of hydrogen-bond donors (Lipinski definition) is 1. The summed E-state index contributed by atoms with van der Waals surface area (Å²) in [6.45, 7) is 0.656. The summed E-state index contributed by atoms with van der Waals surface area (Å²) in [6, 6.07) is 11.5. The molecule has 0 aliphatic carbocycles. The molecule has 1 unspecified atom stereocenters. The van der Waals surface area contributed by atoms with Crippen LogP contribution in [0, 0.1) is 0 Å². The number of rotatable bonds is 4. The van der Waals surface area contributed by atoms with Crippen LogP contribution in [0.25, 0.3) is 21.6 Å². The van der Waals surface area contributed by atoms with Gasteiger partial charge in [-0.3, -0.25) is 9.48 Å². The minimum absolute atomic E-state index is 0.0355. The van der Waals surface area contributed by atoms with Gasteiger partial charge in [-0.15, -0.1) is 11.3 Å². The molecule has 0 radical (unpaired) electrons. The quantitative estimate of drug-likeness (QED) is 0.579. The largest absolute Gasteiger partial charge is 0.358 e. The minimum atomic E-state index is -0.324. The fourth-order valence-corrected chi connectivity index (χ4v) is 4.14. The molecule has 1 aromatic carbocycles. The van der Waals surface area contributed by atoms with E-state index in [9.17, 15) is 4.79 Å². The van der Waals surface area contributed by atoms with Crippen molar-refractivity contribution >= 4 is 39.7 Å². The van der Waals surface area contributed by atoms with Gasteiger partial charge in [-0.2, -0.15) is 5.10 Å². The van der Waals surface area contributed by atoms with Crippen molar-refractivity contribution < 1.29 is 4.79 Å². The molecule has 1 atom stereocenters. The van der Waals surface area contributed by atoms with Crippen molar-refractivity contribution in [3.63, 3.8) is 0 Å². The highest BCUT2D eigenvalue weighted by Gasteiger charge is 2.33. The van der Waals surface area contributed by atoms with Crippen molar-refractivity contribution in [2.45, 2.75) is 12.5 Å². The first kappa shape index (κ1) is 16.9. The molecule has 1 fully saturated rings. The number of para-hydroxylation sites is 1. The van der Waals surface area contributed by atoms with E-state index in [-0.39, 0.29) is 11.9 Å². The Balaban J connectivity index is 1.49. The lowest BCUT2D eigenvalue weighted by Gasteiger charge is -2.16. The molecule has 28 heavy (non-hydrogen) atoms. The summed E-state index contributed by atoms with van der Waals surface area (Å²) in [4.78, 5) is 25.2. The molecule has 1 N–H and O–H groups in total. The van der Waals surface area contributed by atoms with E-state index in [1.807, 2.05) is 55.0 Å². The molecule has 1 saturated heterocycles. The normalized spacial score (nSPS) is 16.8. The third-order valence-electron chi connectivity index (χ3n) is 4.86. The number of fused-ring (bicyclic) bond motifs is 1. The predicted octanol–water partition coefficient (Wildman–Crippen LogP) is 3.31. The summed E-state index contributed by atoms with van der Waals surface area (Å²) in [5, 5.41) is 10.5. The smallest absolute Gasteiger partial charge is 0.249 e. The van der Waals surface area contributed by atoms with E-state index >= 15 is 0 Å². The van der Waals surface area contributed by atoms with Gasteiger partial charge in [0.15, 0.2) is 5.82 Å². The van der Waals surface area contributed by atoms with Gasteiger partial charge in [-0.05, 0) is 30.0 Å². The SMILES string of the molecule is Cn1cc(N2CCC(Nc3nc(-c4cccs4)nc4ccccc34)C2=O)cn1. The summed E-state index contributed by atoms with van der Waals surface area (Å²) in [6.07, 6.45) is 4.28. The first-order chi connectivity index (χ1) is 13.7. The molecule has 0 saturated carbocycles. The van der Waals surface area contributed by atoms with Crippen LogP contribution in [0.2, 0.25) is 0 Å². The van der Waals surface area contributed by atoms with Gasteiger partial charge in [-0.1, -0.05) is 18.2 Å². The van der Waals surface area contributed by atoms with Crippen molar-refractivity contribution in [3.8, 4) is 10.7 Å². The van der Waals surface area contributed by atoms with Crippen LogP contribution < -0.4 is 10.2 Å². The number of nitrogens with zero attached hydrogens (tertiary/aromatic N) is 5. The zero-order valence-electron chi connectivity index (χ0n) is 15.2. The second-order valence-corrected chi connectivity index (χ2v) is 7.69. The summed E-state index contributed by atoms with van der Waals surface area (Å²) in [5.41, 5.74) is 1.68. The molecule has 0 spiro atoms. The molecule has 1 aliphatic heterocycles. The molecule has 7 nitrogen and oxygen atoms in total. The third kappa shape index (κ3) is 2.91. The molecule has 5 rings (SSSR count). The van der Waals surface area contributed by atoms with Gasteiger partial charge in [0, 0.05) is 25.2 Å². The van der Waals surface area contributed by atoms with Gasteiger partial charge >= 0.3 is 0 Å². The number of thiophene rings is 1. The average Bonchev–Trinajstić information content (AvgIpc) is 3.44. The zero-order chi connectivity index (χ0) is 19.1. The van der Waals surface area contributed by atoms with Crippen molar-refractivity contribution in [1.29, 1.82) is 0 Å². The molecule has 1 amide bonds. The molecule has 4 heterocycles. The number of amides is 1. The Bertz CT molecular complexity index is 1150. The van der Waals surface area contributed by atoms with E-state index in [1.54, 1.807) is 27.1 Å². The van der Waals surface area contributed by atoms with Crippen molar-refractivity contribution in [3.05, 3.63) is 54.2 Å². The molecule has 4 aromatic rings. The molecule has 8 heteroatoms. The monoisotopic (exact) mass is 390 g/mol. The Labute approximate surface area is 165 Å². The van der Waals surface area contributed by atoms with E-state index in [4.69, 9.17) is 9.97 Å². The molecule has 1 aliphatic rings. The van der Waals surface area contributed by atoms with Gasteiger partial charge < -0.3 is 10.2 Å². The number of carbonyl (C=O) groups is 1.